The summed E-state index contributed by atoms with van der Waals surface area (Å²) in [5.41, 5.74) is 1.31. The second kappa shape index (κ2) is 6.23. The van der Waals surface area contributed by atoms with Gasteiger partial charge in [0, 0.05) is 50.3 Å². The van der Waals surface area contributed by atoms with Gasteiger partial charge in [-0.2, -0.15) is 5.10 Å². The molecule has 1 fully saturated rings. The standard InChI is InChI=1S/C13H20BrN5/c1-10(14)6-16-13(15-2)19-5-4-11(9-19)12-7-17-18(3)8-12/h7-8,11H,1,4-6,9H2,2-3H3,(H,15,16). The van der Waals surface area contributed by atoms with Gasteiger partial charge in [-0.1, -0.05) is 22.5 Å². The van der Waals surface area contributed by atoms with Crippen LogP contribution in [0.1, 0.15) is 17.9 Å². The molecule has 0 bridgehead atoms. The molecule has 5 nitrogen and oxygen atoms in total. The van der Waals surface area contributed by atoms with Gasteiger partial charge in [0.05, 0.1) is 6.20 Å². The van der Waals surface area contributed by atoms with Gasteiger partial charge >= 0.3 is 0 Å². The highest BCUT2D eigenvalue weighted by Crippen LogP contribution is 2.26. The number of likely N-dealkylation sites (tertiary alicyclic amines) is 1. The summed E-state index contributed by atoms with van der Waals surface area (Å²) in [6.45, 7) is 6.53. The zero-order valence-corrected chi connectivity index (χ0v) is 13.0. The number of rotatable bonds is 3. The molecule has 0 amide bonds. The van der Waals surface area contributed by atoms with E-state index in [2.05, 4.69) is 49.0 Å². The second-order valence-electron chi connectivity index (χ2n) is 4.80. The van der Waals surface area contributed by atoms with Crippen LogP contribution in [0.2, 0.25) is 0 Å². The van der Waals surface area contributed by atoms with E-state index in [4.69, 9.17) is 0 Å². The summed E-state index contributed by atoms with van der Waals surface area (Å²) < 4.78 is 2.79. The summed E-state index contributed by atoms with van der Waals surface area (Å²) in [6.07, 6.45) is 5.21. The first kappa shape index (κ1) is 14.1. The van der Waals surface area contributed by atoms with Crippen molar-refractivity contribution in [3.63, 3.8) is 0 Å². The van der Waals surface area contributed by atoms with E-state index in [1.165, 1.54) is 5.56 Å². The lowest BCUT2D eigenvalue weighted by Crippen LogP contribution is -2.40. The minimum atomic E-state index is 0.541. The van der Waals surface area contributed by atoms with Gasteiger partial charge in [-0.05, 0) is 12.0 Å². The van der Waals surface area contributed by atoms with Crippen LogP contribution in [0.25, 0.3) is 0 Å². The summed E-state index contributed by atoms with van der Waals surface area (Å²) >= 11 is 3.35. The Morgan fingerprint density at radius 3 is 3.05 bits per heavy atom. The molecule has 0 saturated carbocycles. The molecule has 0 spiro atoms. The molecule has 0 radical (unpaired) electrons. The maximum atomic E-state index is 4.32. The van der Waals surface area contributed by atoms with Gasteiger partial charge in [-0.15, -0.1) is 0 Å². The van der Waals surface area contributed by atoms with E-state index in [0.29, 0.717) is 12.5 Å². The Kier molecular flexibility index (Phi) is 4.63. The van der Waals surface area contributed by atoms with E-state index in [-0.39, 0.29) is 0 Å². The number of nitrogens with one attached hydrogen (secondary N) is 1. The van der Waals surface area contributed by atoms with Crippen LogP contribution in [0, 0.1) is 0 Å². The maximum absolute atomic E-state index is 4.32. The number of aliphatic imine (C=N–C) groups is 1. The van der Waals surface area contributed by atoms with E-state index < -0.39 is 0 Å². The Bertz CT molecular complexity index is 479. The molecule has 0 aliphatic carbocycles. The topological polar surface area (TPSA) is 45.5 Å². The number of aromatic nitrogens is 2. The quantitative estimate of drug-likeness (QED) is 0.679. The molecule has 2 rings (SSSR count). The number of guanidine groups is 1. The third kappa shape index (κ3) is 3.59. The lowest BCUT2D eigenvalue weighted by Gasteiger charge is -2.21. The fourth-order valence-electron chi connectivity index (χ4n) is 2.38. The molecule has 6 heteroatoms. The number of hydrogen-bond donors (Lipinski definition) is 1. The molecule has 1 aliphatic heterocycles. The van der Waals surface area contributed by atoms with Crippen LogP contribution in [-0.2, 0) is 7.05 Å². The number of aryl methyl sites for hydroxylation is 1. The normalized spacial score (nSPS) is 19.8. The summed E-state index contributed by atoms with van der Waals surface area (Å²) in [6, 6.07) is 0. The predicted octanol–water partition coefficient (Wildman–Crippen LogP) is 1.69. The van der Waals surface area contributed by atoms with E-state index in [1.807, 2.05) is 25.0 Å². The van der Waals surface area contributed by atoms with Gasteiger partial charge in [0.1, 0.15) is 0 Å². The largest absolute Gasteiger partial charge is 0.352 e. The van der Waals surface area contributed by atoms with E-state index in [9.17, 15) is 0 Å². The average molecular weight is 326 g/mol. The molecule has 1 unspecified atom stereocenters. The highest BCUT2D eigenvalue weighted by Gasteiger charge is 2.26. The third-order valence-corrected chi connectivity index (χ3v) is 3.61. The molecule has 1 saturated heterocycles. The van der Waals surface area contributed by atoms with Crippen LogP contribution in [0.4, 0.5) is 0 Å². The first-order chi connectivity index (χ1) is 9.10. The van der Waals surface area contributed by atoms with Crippen molar-refractivity contribution in [2.45, 2.75) is 12.3 Å². The van der Waals surface area contributed by atoms with Crippen LogP contribution in [0.5, 0.6) is 0 Å². The molecule has 1 aromatic rings. The SMILES string of the molecule is C=C(Br)CNC(=NC)N1CCC(c2cnn(C)c2)C1. The Labute approximate surface area is 122 Å². The van der Waals surface area contributed by atoms with Gasteiger partial charge in [0.15, 0.2) is 5.96 Å². The first-order valence-corrected chi connectivity index (χ1v) is 7.17. The molecule has 2 heterocycles. The van der Waals surface area contributed by atoms with Crippen LogP contribution in [-0.4, -0.2) is 47.3 Å². The van der Waals surface area contributed by atoms with Gasteiger partial charge in [0.2, 0.25) is 0 Å². The van der Waals surface area contributed by atoms with Crippen molar-refractivity contribution >= 4 is 21.9 Å². The first-order valence-electron chi connectivity index (χ1n) is 6.37. The lowest BCUT2D eigenvalue weighted by atomic mass is 10.0. The zero-order chi connectivity index (χ0) is 13.8. The highest BCUT2D eigenvalue weighted by atomic mass is 79.9. The summed E-state index contributed by atoms with van der Waals surface area (Å²) in [7, 11) is 3.77. The van der Waals surface area contributed by atoms with Crippen molar-refractivity contribution in [1.29, 1.82) is 0 Å². The molecule has 1 aliphatic rings. The van der Waals surface area contributed by atoms with E-state index in [0.717, 1.165) is 30.0 Å². The monoisotopic (exact) mass is 325 g/mol. The van der Waals surface area contributed by atoms with Crippen LogP contribution in [0.15, 0.2) is 28.4 Å². The van der Waals surface area contributed by atoms with Gasteiger partial charge in [-0.25, -0.2) is 0 Å². The molecule has 1 aromatic heterocycles. The summed E-state index contributed by atoms with van der Waals surface area (Å²) in [4.78, 5) is 6.61. The van der Waals surface area contributed by atoms with Crippen molar-refractivity contribution < 1.29 is 0 Å². The van der Waals surface area contributed by atoms with Gasteiger partial charge < -0.3 is 10.2 Å². The van der Waals surface area contributed by atoms with Gasteiger partial charge in [0.25, 0.3) is 0 Å². The van der Waals surface area contributed by atoms with Gasteiger partial charge in [-0.3, -0.25) is 9.67 Å². The smallest absolute Gasteiger partial charge is 0.193 e. The predicted molar refractivity (Wildman–Crippen MR) is 81.6 cm³/mol. The molecule has 104 valence electrons. The summed E-state index contributed by atoms with van der Waals surface area (Å²) in [5.74, 6) is 1.48. The fraction of sp³-hybridized carbons (Fsp3) is 0.538. The second-order valence-corrected chi connectivity index (χ2v) is 5.92. The zero-order valence-electron chi connectivity index (χ0n) is 11.4. The van der Waals surface area contributed by atoms with Crippen LogP contribution in [0.3, 0.4) is 0 Å². The molecule has 1 atom stereocenters. The molecule has 0 aromatic carbocycles. The Hall–Kier alpha value is -1.30. The number of hydrogen-bond acceptors (Lipinski definition) is 2. The van der Waals surface area contributed by atoms with Crippen molar-refractivity contribution in [3.8, 4) is 0 Å². The van der Waals surface area contributed by atoms with Crippen molar-refractivity contribution in [3.05, 3.63) is 29.0 Å². The lowest BCUT2D eigenvalue weighted by molar-refractivity contribution is 0.490. The highest BCUT2D eigenvalue weighted by molar-refractivity contribution is 9.11. The third-order valence-electron chi connectivity index (χ3n) is 3.33. The van der Waals surface area contributed by atoms with Crippen molar-refractivity contribution in [2.24, 2.45) is 12.0 Å². The number of nitrogens with zero attached hydrogens (tertiary/aromatic N) is 4. The molecular formula is C13H20BrN5. The maximum Gasteiger partial charge on any atom is 0.193 e. The van der Waals surface area contributed by atoms with E-state index in [1.54, 1.807) is 0 Å². The Morgan fingerprint density at radius 1 is 1.68 bits per heavy atom. The molecule has 1 N–H and O–H groups in total. The van der Waals surface area contributed by atoms with Crippen LogP contribution >= 0.6 is 15.9 Å². The van der Waals surface area contributed by atoms with Crippen molar-refractivity contribution in [1.82, 2.24) is 20.0 Å². The Balaban J connectivity index is 1.95. The minimum Gasteiger partial charge on any atom is -0.352 e. The Morgan fingerprint density at radius 2 is 2.47 bits per heavy atom. The van der Waals surface area contributed by atoms with Crippen LogP contribution < -0.4 is 5.32 Å². The van der Waals surface area contributed by atoms with Crippen molar-refractivity contribution in [2.75, 3.05) is 26.7 Å². The minimum absolute atomic E-state index is 0.541. The molecular weight excluding hydrogens is 306 g/mol. The molecule has 19 heavy (non-hydrogen) atoms. The fourth-order valence-corrected chi connectivity index (χ4v) is 2.52. The number of halogens is 1. The van der Waals surface area contributed by atoms with E-state index >= 15 is 0 Å². The average Bonchev–Trinajstić information content (AvgIpc) is 2.98. The summed E-state index contributed by atoms with van der Waals surface area (Å²) in [5, 5.41) is 7.54.